The van der Waals surface area contributed by atoms with Gasteiger partial charge in [0.1, 0.15) is 0 Å². The summed E-state index contributed by atoms with van der Waals surface area (Å²) in [5, 5.41) is 0. The molecule has 2 unspecified atom stereocenters. The average Bonchev–Trinajstić information content (AvgIpc) is 2.22. The van der Waals surface area contributed by atoms with E-state index >= 15 is 0 Å². The average molecular weight is 128 g/mol. The molecule has 0 bridgehead atoms. The minimum absolute atomic E-state index is 0.0692. The molecule has 0 radical (unpaired) electrons. The number of ether oxygens (including phenoxy) is 1. The van der Waals surface area contributed by atoms with Crippen LogP contribution < -0.4 is 0 Å². The van der Waals surface area contributed by atoms with Crippen LogP contribution in [-0.4, -0.2) is 26.1 Å². The predicted molar refractivity (Wildman–Crippen MR) is 31.9 cm³/mol. The summed E-state index contributed by atoms with van der Waals surface area (Å²) in [6.07, 6.45) is 1.12. The highest BCUT2D eigenvalue weighted by atomic mass is 16.8. The lowest BCUT2D eigenvalue weighted by atomic mass is 9.97. The molecule has 2 atom stereocenters. The Kier molecular flexibility index (Phi) is 1.25. The van der Waals surface area contributed by atoms with Crippen molar-refractivity contribution in [1.82, 2.24) is 0 Å². The maximum absolute atomic E-state index is 5.34. The summed E-state index contributed by atoms with van der Waals surface area (Å²) < 4.78 is 15.8. The van der Waals surface area contributed by atoms with E-state index in [-0.39, 0.29) is 19.5 Å². The van der Waals surface area contributed by atoms with Crippen LogP contribution in [-0.2, 0) is 14.0 Å². The summed E-state index contributed by atoms with van der Waals surface area (Å²) in [5.41, 5.74) is 0. The molecule has 50 valence electrons. The fraction of sp³-hybridized carbons (Fsp3) is 1.00. The molecule has 4 heteroatoms. The molecule has 2 rings (SSSR count). The van der Waals surface area contributed by atoms with Gasteiger partial charge in [-0.2, -0.15) is 0 Å². The Hall–Kier alpha value is -0.0551. The Morgan fingerprint density at radius 2 is 2.33 bits per heavy atom. The van der Waals surface area contributed by atoms with Gasteiger partial charge in [0.05, 0.1) is 12.7 Å². The molecule has 0 aromatic heterocycles. The van der Waals surface area contributed by atoms with Gasteiger partial charge in [-0.3, -0.25) is 0 Å². The van der Waals surface area contributed by atoms with Crippen LogP contribution in [0.5, 0.6) is 0 Å². The van der Waals surface area contributed by atoms with E-state index in [1.54, 1.807) is 0 Å². The molecule has 2 aliphatic heterocycles. The summed E-state index contributed by atoms with van der Waals surface area (Å²) in [5.74, 6) is 0. The molecule has 2 saturated heterocycles. The van der Waals surface area contributed by atoms with Crippen LogP contribution in [0.15, 0.2) is 0 Å². The summed E-state index contributed by atoms with van der Waals surface area (Å²) >= 11 is 0. The predicted octanol–water partition coefficient (Wildman–Crippen LogP) is 0.266. The van der Waals surface area contributed by atoms with Crippen LogP contribution in [0.4, 0.5) is 0 Å². The van der Waals surface area contributed by atoms with Crippen molar-refractivity contribution in [3.8, 4) is 0 Å². The van der Waals surface area contributed by atoms with Gasteiger partial charge in [0.2, 0.25) is 0 Å². The van der Waals surface area contributed by atoms with E-state index < -0.39 is 0 Å². The van der Waals surface area contributed by atoms with Crippen molar-refractivity contribution in [3.63, 3.8) is 0 Å². The summed E-state index contributed by atoms with van der Waals surface area (Å²) in [6, 6.07) is 0. The Balaban J connectivity index is 2.02. The second-order valence-electron chi connectivity index (χ2n) is 2.41. The largest absolute Gasteiger partial charge is 0.455 e. The van der Waals surface area contributed by atoms with Crippen LogP contribution >= 0.6 is 0 Å². The zero-order chi connectivity index (χ0) is 6.27. The third-order valence-corrected chi connectivity index (χ3v) is 1.68. The fourth-order valence-corrected chi connectivity index (χ4v) is 1.27. The highest BCUT2D eigenvalue weighted by molar-refractivity contribution is 6.43. The van der Waals surface area contributed by atoms with Crippen LogP contribution in [0.3, 0.4) is 0 Å². The molecule has 2 heterocycles. The summed E-state index contributed by atoms with van der Waals surface area (Å²) in [4.78, 5) is 0. The van der Waals surface area contributed by atoms with E-state index in [9.17, 15) is 0 Å². The van der Waals surface area contributed by atoms with Gasteiger partial charge in [0.25, 0.3) is 0 Å². The van der Waals surface area contributed by atoms with Crippen molar-refractivity contribution in [2.24, 2.45) is 0 Å². The van der Waals surface area contributed by atoms with E-state index in [0.29, 0.717) is 0 Å². The van der Waals surface area contributed by atoms with Crippen molar-refractivity contribution in [3.05, 3.63) is 0 Å². The smallest absolute Gasteiger partial charge is 0.403 e. The Labute approximate surface area is 54.4 Å². The third-order valence-electron chi connectivity index (χ3n) is 1.68. The van der Waals surface area contributed by atoms with E-state index in [4.69, 9.17) is 14.0 Å². The van der Waals surface area contributed by atoms with E-state index in [1.807, 2.05) is 6.82 Å². The maximum Gasteiger partial charge on any atom is 0.455 e. The number of rotatable bonds is 0. The van der Waals surface area contributed by atoms with Crippen LogP contribution in [0.2, 0.25) is 6.82 Å². The molecular formula is C5H9BO3. The van der Waals surface area contributed by atoms with E-state index in [2.05, 4.69) is 0 Å². The normalized spacial score (nSPS) is 41.7. The fourth-order valence-electron chi connectivity index (χ4n) is 1.27. The van der Waals surface area contributed by atoms with Gasteiger partial charge in [0, 0.05) is 6.42 Å². The van der Waals surface area contributed by atoms with E-state index in [1.165, 1.54) is 0 Å². The quantitative estimate of drug-likeness (QED) is 0.438. The van der Waals surface area contributed by atoms with Gasteiger partial charge in [-0.25, -0.2) is 0 Å². The first-order chi connectivity index (χ1) is 4.36. The molecule has 0 N–H and O–H groups in total. The minimum atomic E-state index is -0.0694. The van der Waals surface area contributed by atoms with Crippen molar-refractivity contribution in [1.29, 1.82) is 0 Å². The molecule has 0 spiro atoms. The molecule has 0 aromatic carbocycles. The Morgan fingerprint density at radius 1 is 1.44 bits per heavy atom. The van der Waals surface area contributed by atoms with Gasteiger partial charge in [-0.15, -0.1) is 0 Å². The Morgan fingerprint density at radius 3 is 3.11 bits per heavy atom. The lowest BCUT2D eigenvalue weighted by molar-refractivity contribution is -0.0407. The van der Waals surface area contributed by atoms with Crippen molar-refractivity contribution >= 4 is 7.12 Å². The first-order valence-electron chi connectivity index (χ1n) is 3.29. The van der Waals surface area contributed by atoms with Gasteiger partial charge in [-0.1, -0.05) is 0 Å². The van der Waals surface area contributed by atoms with Gasteiger partial charge < -0.3 is 14.0 Å². The van der Waals surface area contributed by atoms with Gasteiger partial charge in [0.15, 0.2) is 6.29 Å². The lowest BCUT2D eigenvalue weighted by Crippen LogP contribution is -2.15. The summed E-state index contributed by atoms with van der Waals surface area (Å²) in [6.45, 7) is 2.67. The molecular weight excluding hydrogens is 119 g/mol. The SMILES string of the molecule is CB1OC2CCOC2O1. The number of hydrogen-bond donors (Lipinski definition) is 0. The van der Waals surface area contributed by atoms with Crippen molar-refractivity contribution in [2.75, 3.05) is 6.61 Å². The highest BCUT2D eigenvalue weighted by Crippen LogP contribution is 2.25. The second-order valence-corrected chi connectivity index (χ2v) is 2.41. The number of hydrogen-bond acceptors (Lipinski definition) is 3. The first-order valence-corrected chi connectivity index (χ1v) is 3.29. The number of fused-ring (bicyclic) bond motifs is 1. The Bertz CT molecular complexity index is 107. The molecule has 3 nitrogen and oxygen atoms in total. The van der Waals surface area contributed by atoms with E-state index in [0.717, 1.165) is 13.0 Å². The van der Waals surface area contributed by atoms with Gasteiger partial charge in [-0.05, 0) is 6.82 Å². The summed E-state index contributed by atoms with van der Waals surface area (Å²) in [7, 11) is -0.0692. The highest BCUT2D eigenvalue weighted by Gasteiger charge is 2.40. The third kappa shape index (κ3) is 0.872. The molecule has 9 heavy (non-hydrogen) atoms. The topological polar surface area (TPSA) is 27.7 Å². The van der Waals surface area contributed by atoms with Crippen molar-refractivity contribution < 1.29 is 14.0 Å². The van der Waals surface area contributed by atoms with Crippen LogP contribution in [0.25, 0.3) is 0 Å². The molecule has 0 saturated carbocycles. The first kappa shape index (κ1) is 5.71. The van der Waals surface area contributed by atoms with Crippen LogP contribution in [0.1, 0.15) is 6.42 Å². The molecule has 0 aliphatic carbocycles. The maximum atomic E-state index is 5.34. The second kappa shape index (κ2) is 1.97. The molecule has 2 aliphatic rings. The standard InChI is InChI=1S/C5H9BO3/c1-6-8-4-2-3-7-5(4)9-6/h4-5H,2-3H2,1H3. The minimum Gasteiger partial charge on any atom is -0.403 e. The monoisotopic (exact) mass is 128 g/mol. The molecule has 0 amide bonds. The molecule has 0 aromatic rings. The molecule has 2 fully saturated rings. The van der Waals surface area contributed by atoms with Gasteiger partial charge >= 0.3 is 7.12 Å². The zero-order valence-corrected chi connectivity index (χ0v) is 5.37. The van der Waals surface area contributed by atoms with Crippen molar-refractivity contribution in [2.45, 2.75) is 25.6 Å². The van der Waals surface area contributed by atoms with Crippen LogP contribution in [0, 0.1) is 0 Å². The lowest BCUT2D eigenvalue weighted by Gasteiger charge is -2.03. The zero-order valence-electron chi connectivity index (χ0n) is 5.37.